The second kappa shape index (κ2) is 5.00. The molecule has 0 aliphatic heterocycles. The van der Waals surface area contributed by atoms with Gasteiger partial charge in [-0.3, -0.25) is 11.5 Å². The van der Waals surface area contributed by atoms with Crippen molar-refractivity contribution in [2.45, 2.75) is 38.8 Å². The number of ether oxygens (including phenoxy) is 2. The predicted octanol–water partition coefficient (Wildman–Crippen LogP) is -0.151. The highest BCUT2D eigenvalue weighted by atomic mass is 16.8. The lowest BCUT2D eigenvalue weighted by Crippen LogP contribution is -2.42. The lowest BCUT2D eigenvalue weighted by Gasteiger charge is -2.23. The molecule has 78 valence electrons. The van der Waals surface area contributed by atoms with E-state index in [9.17, 15) is 4.79 Å². The van der Waals surface area contributed by atoms with E-state index in [4.69, 9.17) is 16.6 Å². The van der Waals surface area contributed by atoms with Gasteiger partial charge in [0.05, 0.1) is 0 Å². The minimum atomic E-state index is -1.68. The first kappa shape index (κ1) is 12.2. The summed E-state index contributed by atoms with van der Waals surface area (Å²) in [6.07, 6.45) is -1.48. The van der Waals surface area contributed by atoms with Crippen molar-refractivity contribution in [3.63, 3.8) is 0 Å². The average molecular weight is 192 g/mol. The molecular formula is C7H16N2O4. The van der Waals surface area contributed by atoms with Gasteiger partial charge in [-0.1, -0.05) is 13.3 Å². The van der Waals surface area contributed by atoms with Gasteiger partial charge >= 0.3 is 6.16 Å². The van der Waals surface area contributed by atoms with Crippen LogP contribution in [0.1, 0.15) is 26.7 Å². The number of nitrogens with two attached hydrogens (primary N) is 2. The maximum atomic E-state index is 10.8. The van der Waals surface area contributed by atoms with Crippen molar-refractivity contribution in [3.8, 4) is 0 Å². The van der Waals surface area contributed by atoms with Crippen molar-refractivity contribution in [3.05, 3.63) is 0 Å². The fourth-order valence-electron chi connectivity index (χ4n) is 0.860. The van der Waals surface area contributed by atoms with E-state index >= 15 is 0 Å². The summed E-state index contributed by atoms with van der Waals surface area (Å²) in [5.41, 5.74) is 9.25. The zero-order valence-corrected chi connectivity index (χ0v) is 7.82. The van der Waals surface area contributed by atoms with E-state index in [0.717, 1.165) is 6.42 Å². The molecule has 0 bridgehead atoms. The summed E-state index contributed by atoms with van der Waals surface area (Å²) in [6, 6.07) is 0. The summed E-state index contributed by atoms with van der Waals surface area (Å²) >= 11 is 0. The van der Waals surface area contributed by atoms with Crippen molar-refractivity contribution in [1.82, 2.24) is 0 Å². The Hall–Kier alpha value is -0.850. The zero-order chi connectivity index (χ0) is 10.5. The quantitative estimate of drug-likeness (QED) is 0.422. The third-order valence-electron chi connectivity index (χ3n) is 1.28. The van der Waals surface area contributed by atoms with E-state index in [0.29, 0.717) is 6.42 Å². The summed E-state index contributed by atoms with van der Waals surface area (Å²) in [6.45, 7) is 3.44. The fourth-order valence-corrected chi connectivity index (χ4v) is 0.860. The lowest BCUT2D eigenvalue weighted by molar-refractivity contribution is -0.102. The topological polar surface area (TPSA) is 108 Å². The van der Waals surface area contributed by atoms with Gasteiger partial charge < -0.3 is 14.6 Å². The average Bonchev–Trinajstić information content (AvgIpc) is 1.81. The van der Waals surface area contributed by atoms with E-state index < -0.39 is 18.3 Å². The van der Waals surface area contributed by atoms with Gasteiger partial charge in [-0.25, -0.2) is 4.79 Å². The molecule has 5 N–H and O–H groups in total. The number of aliphatic hydroxyl groups excluding tert-OH is 1. The molecule has 0 aromatic carbocycles. The molecule has 0 spiro atoms. The maximum Gasteiger partial charge on any atom is 0.513 e. The van der Waals surface area contributed by atoms with Crippen LogP contribution in [-0.4, -0.2) is 23.4 Å². The highest BCUT2D eigenvalue weighted by Crippen LogP contribution is 2.11. The lowest BCUT2D eigenvalue weighted by atomic mass is 10.1. The van der Waals surface area contributed by atoms with Crippen molar-refractivity contribution in [2.24, 2.45) is 11.5 Å². The molecule has 0 aliphatic rings. The molecule has 0 saturated heterocycles. The molecule has 0 amide bonds. The molecular weight excluding hydrogens is 176 g/mol. The Labute approximate surface area is 76.8 Å². The van der Waals surface area contributed by atoms with Crippen LogP contribution in [0.4, 0.5) is 4.79 Å². The molecule has 2 atom stereocenters. The molecule has 6 nitrogen and oxygen atoms in total. The Kier molecular flexibility index (Phi) is 4.68. The van der Waals surface area contributed by atoms with Crippen LogP contribution in [0.2, 0.25) is 0 Å². The summed E-state index contributed by atoms with van der Waals surface area (Å²) in [5.74, 6) is 0. The normalized spacial score (nSPS) is 17.3. The molecule has 0 heterocycles. The first-order chi connectivity index (χ1) is 5.87. The fraction of sp³-hybridized carbons (Fsp3) is 0.857. The van der Waals surface area contributed by atoms with E-state index in [1.807, 2.05) is 6.92 Å². The molecule has 0 saturated carbocycles. The van der Waals surface area contributed by atoms with Crippen LogP contribution in [0.5, 0.6) is 0 Å². The van der Waals surface area contributed by atoms with Gasteiger partial charge in [0.1, 0.15) is 0 Å². The maximum absolute atomic E-state index is 10.8. The van der Waals surface area contributed by atoms with E-state index in [1.165, 1.54) is 0 Å². The Bertz CT molecular complexity index is 170. The number of hydrogen-bond donors (Lipinski definition) is 3. The van der Waals surface area contributed by atoms with Crippen LogP contribution in [0.3, 0.4) is 0 Å². The minimum Gasteiger partial charge on any atom is -0.413 e. The smallest absolute Gasteiger partial charge is 0.413 e. The van der Waals surface area contributed by atoms with Crippen LogP contribution < -0.4 is 11.5 Å². The molecule has 13 heavy (non-hydrogen) atoms. The second-order valence-corrected chi connectivity index (χ2v) is 2.92. The zero-order valence-electron chi connectivity index (χ0n) is 7.82. The first-order valence-corrected chi connectivity index (χ1v) is 3.99. The summed E-state index contributed by atoms with van der Waals surface area (Å²) < 4.78 is 8.79. The second-order valence-electron chi connectivity index (χ2n) is 2.92. The van der Waals surface area contributed by atoms with E-state index in [-0.39, 0.29) is 0 Å². The molecule has 0 aliphatic carbocycles. The highest BCUT2D eigenvalue weighted by molar-refractivity contribution is 5.60. The standard InChI is InChI=1S/C7H16N2O4/c1-3-4-7(2,9)13-6(11)12-5(8)10/h5,10H,3-4,8-9H2,1-2H3. The third kappa shape index (κ3) is 6.32. The van der Waals surface area contributed by atoms with Crippen molar-refractivity contribution in [1.29, 1.82) is 0 Å². The van der Waals surface area contributed by atoms with Crippen LogP contribution in [0.25, 0.3) is 0 Å². The van der Waals surface area contributed by atoms with Crippen molar-refractivity contribution in [2.75, 3.05) is 0 Å². The highest BCUT2D eigenvalue weighted by Gasteiger charge is 2.24. The Morgan fingerprint density at radius 2 is 2.23 bits per heavy atom. The predicted molar refractivity (Wildman–Crippen MR) is 45.3 cm³/mol. The molecule has 0 aromatic rings. The van der Waals surface area contributed by atoms with Gasteiger partial charge in [-0.05, 0) is 6.92 Å². The van der Waals surface area contributed by atoms with E-state index in [2.05, 4.69) is 9.47 Å². The number of aliphatic hydroxyl groups is 1. The monoisotopic (exact) mass is 192 g/mol. The number of carbonyl (C=O) groups is 1. The SMILES string of the molecule is CCCC(C)(N)OC(=O)OC(N)O. The van der Waals surface area contributed by atoms with Crippen LogP contribution in [0.15, 0.2) is 0 Å². The summed E-state index contributed by atoms with van der Waals surface area (Å²) in [4.78, 5) is 10.8. The number of carbonyl (C=O) groups excluding carboxylic acids is 1. The molecule has 0 fully saturated rings. The largest absolute Gasteiger partial charge is 0.513 e. The summed E-state index contributed by atoms with van der Waals surface area (Å²) in [5, 5.41) is 8.46. The van der Waals surface area contributed by atoms with Gasteiger partial charge in [0.2, 0.25) is 0 Å². The van der Waals surface area contributed by atoms with Crippen molar-refractivity contribution < 1.29 is 19.4 Å². The van der Waals surface area contributed by atoms with E-state index in [1.54, 1.807) is 6.92 Å². The van der Waals surface area contributed by atoms with Crippen LogP contribution >= 0.6 is 0 Å². The molecule has 6 heteroatoms. The van der Waals surface area contributed by atoms with Gasteiger partial charge in [-0.2, -0.15) is 0 Å². The molecule has 0 radical (unpaired) electrons. The van der Waals surface area contributed by atoms with Crippen LogP contribution in [0, 0.1) is 0 Å². The Morgan fingerprint density at radius 1 is 1.69 bits per heavy atom. The van der Waals surface area contributed by atoms with Gasteiger partial charge in [0, 0.05) is 6.42 Å². The van der Waals surface area contributed by atoms with Crippen molar-refractivity contribution >= 4 is 6.16 Å². The Morgan fingerprint density at radius 3 is 2.62 bits per heavy atom. The molecule has 0 aromatic heterocycles. The summed E-state index contributed by atoms with van der Waals surface area (Å²) in [7, 11) is 0. The van der Waals surface area contributed by atoms with Gasteiger partial charge in [0.25, 0.3) is 6.41 Å². The van der Waals surface area contributed by atoms with Gasteiger partial charge in [-0.15, -0.1) is 0 Å². The third-order valence-corrected chi connectivity index (χ3v) is 1.28. The minimum absolute atomic E-state index is 0.503. The Balaban J connectivity index is 3.89. The van der Waals surface area contributed by atoms with Gasteiger partial charge in [0.15, 0.2) is 5.72 Å². The molecule has 0 rings (SSSR count). The number of hydrogen-bond acceptors (Lipinski definition) is 6. The molecule has 2 unspecified atom stereocenters. The number of rotatable bonds is 4. The van der Waals surface area contributed by atoms with Crippen LogP contribution in [-0.2, 0) is 9.47 Å². The first-order valence-electron chi connectivity index (χ1n) is 3.99.